The molecule has 0 bridgehead atoms. The van der Waals surface area contributed by atoms with Gasteiger partial charge in [-0.25, -0.2) is 9.78 Å². The molecule has 0 atom stereocenters. The Hall–Kier alpha value is 0.411. The summed E-state index contributed by atoms with van der Waals surface area (Å²) in [6, 6.07) is 3.20. The van der Waals surface area contributed by atoms with Crippen molar-refractivity contribution in [2.75, 3.05) is 34.5 Å². The quantitative estimate of drug-likeness (QED) is 0.0774. The van der Waals surface area contributed by atoms with E-state index < -0.39 is 17.1 Å². The summed E-state index contributed by atoms with van der Waals surface area (Å²) in [4.78, 5) is 9.90. The van der Waals surface area contributed by atoms with Crippen LogP contribution < -0.4 is 0 Å². The predicted octanol–water partition coefficient (Wildman–Crippen LogP) is 5.99. The van der Waals surface area contributed by atoms with Gasteiger partial charge in [-0.1, -0.05) is 51.4 Å². The molecular weight excluding hydrogens is 432 g/mol. The third-order valence-corrected chi connectivity index (χ3v) is 13.0. The monoisotopic (exact) mass is 480 g/mol. The lowest BCUT2D eigenvalue weighted by molar-refractivity contribution is -0.291. The minimum atomic E-state index is -2.43. The van der Waals surface area contributed by atoms with Gasteiger partial charge in [0.15, 0.2) is 8.32 Å². The second-order valence-corrected chi connectivity index (χ2v) is 17.0. The Labute approximate surface area is 191 Å². The first-order valence-corrected chi connectivity index (χ1v) is 17.9. The lowest BCUT2D eigenvalue weighted by Gasteiger charge is -2.27. The molecule has 2 radical (unpaired) electrons. The van der Waals surface area contributed by atoms with Gasteiger partial charge in [0.1, 0.15) is 0 Å². The van der Waals surface area contributed by atoms with E-state index in [9.17, 15) is 0 Å². The lowest BCUT2D eigenvalue weighted by atomic mass is 10.1. The molecule has 9 heteroatoms. The lowest BCUT2D eigenvalue weighted by Crippen LogP contribution is -2.43. The molecule has 0 heterocycles. The standard InChI is InChI=1S/C21H48O6Si3/c1-7-25-26-18-15-13-11-9-8-10-12-14-16-19-28-27-29(5,6)20-17-21-30(22-2,23-3)24-4/h7-21H2,1-6H3. The fraction of sp³-hybridized carbons (Fsp3) is 1.00. The van der Waals surface area contributed by atoms with Gasteiger partial charge >= 0.3 is 8.80 Å². The van der Waals surface area contributed by atoms with Gasteiger partial charge in [0.25, 0.3) is 0 Å². The van der Waals surface area contributed by atoms with E-state index in [1.807, 2.05) is 6.92 Å². The molecule has 0 aromatic carbocycles. The van der Waals surface area contributed by atoms with Crippen LogP contribution in [0.25, 0.3) is 0 Å². The number of unbranched alkanes of at least 4 members (excludes halogenated alkanes) is 8. The average Bonchev–Trinajstić information content (AvgIpc) is 2.74. The summed E-state index contributed by atoms with van der Waals surface area (Å²) in [5.41, 5.74) is 0. The zero-order valence-electron chi connectivity index (χ0n) is 20.6. The van der Waals surface area contributed by atoms with Gasteiger partial charge in [0, 0.05) is 27.4 Å². The molecule has 6 nitrogen and oxygen atoms in total. The van der Waals surface area contributed by atoms with E-state index in [4.69, 9.17) is 27.2 Å². The summed E-state index contributed by atoms with van der Waals surface area (Å²) in [5, 5.41) is 0. The topological polar surface area (TPSA) is 55.4 Å². The van der Waals surface area contributed by atoms with Crippen LogP contribution >= 0.6 is 0 Å². The Morgan fingerprint density at radius 3 is 1.70 bits per heavy atom. The molecule has 0 unspecified atom stereocenters. The normalized spacial score (nSPS) is 12.6. The Balaban J connectivity index is 3.50. The van der Waals surface area contributed by atoms with Crippen molar-refractivity contribution in [3.63, 3.8) is 0 Å². The predicted molar refractivity (Wildman–Crippen MR) is 129 cm³/mol. The first kappa shape index (κ1) is 30.4. The second kappa shape index (κ2) is 20.0. The summed E-state index contributed by atoms with van der Waals surface area (Å²) in [6.07, 6.45) is 12.8. The molecule has 0 aliphatic heterocycles. The van der Waals surface area contributed by atoms with Gasteiger partial charge in [-0.05, 0) is 44.9 Å². The van der Waals surface area contributed by atoms with Crippen molar-refractivity contribution in [3.05, 3.63) is 0 Å². The third kappa shape index (κ3) is 17.0. The van der Waals surface area contributed by atoms with Crippen molar-refractivity contribution >= 4 is 26.9 Å². The van der Waals surface area contributed by atoms with Crippen LogP contribution in [-0.2, 0) is 27.2 Å². The van der Waals surface area contributed by atoms with E-state index in [0.29, 0.717) is 16.4 Å². The Morgan fingerprint density at radius 2 is 1.17 bits per heavy atom. The van der Waals surface area contributed by atoms with Gasteiger partial charge in [0.05, 0.1) is 13.2 Å². The highest BCUT2D eigenvalue weighted by Gasteiger charge is 2.38. The van der Waals surface area contributed by atoms with Gasteiger partial charge in [-0.3, -0.25) is 0 Å². The molecule has 0 saturated carbocycles. The van der Waals surface area contributed by atoms with Crippen LogP contribution in [0.2, 0.25) is 31.2 Å². The molecule has 0 saturated heterocycles. The van der Waals surface area contributed by atoms with E-state index in [1.165, 1.54) is 57.4 Å². The van der Waals surface area contributed by atoms with Crippen molar-refractivity contribution in [1.29, 1.82) is 0 Å². The molecule has 0 aliphatic carbocycles. The van der Waals surface area contributed by atoms with Gasteiger partial charge in [0.2, 0.25) is 9.76 Å². The third-order valence-electron chi connectivity index (χ3n) is 5.25. The van der Waals surface area contributed by atoms with Crippen LogP contribution in [0.15, 0.2) is 0 Å². The summed E-state index contributed by atoms with van der Waals surface area (Å²) in [6.45, 7) is 7.94. The maximum atomic E-state index is 6.29. The molecule has 0 amide bonds. The second-order valence-electron chi connectivity index (χ2n) is 8.32. The van der Waals surface area contributed by atoms with Crippen LogP contribution in [-0.4, -0.2) is 61.4 Å². The van der Waals surface area contributed by atoms with Crippen LogP contribution in [0.3, 0.4) is 0 Å². The zero-order chi connectivity index (χ0) is 22.6. The Morgan fingerprint density at radius 1 is 0.633 bits per heavy atom. The van der Waals surface area contributed by atoms with Crippen molar-refractivity contribution in [1.82, 2.24) is 0 Å². The molecule has 180 valence electrons. The molecule has 0 spiro atoms. The van der Waals surface area contributed by atoms with Crippen molar-refractivity contribution in [3.8, 4) is 0 Å². The highest BCUT2D eigenvalue weighted by Crippen LogP contribution is 2.22. The minimum Gasteiger partial charge on any atom is -0.456 e. The van der Waals surface area contributed by atoms with Crippen LogP contribution in [0, 0.1) is 0 Å². The van der Waals surface area contributed by atoms with Gasteiger partial charge < -0.3 is 17.4 Å². The van der Waals surface area contributed by atoms with E-state index in [2.05, 4.69) is 13.1 Å². The molecule has 0 fully saturated rings. The summed E-state index contributed by atoms with van der Waals surface area (Å²) in [7, 11) is 1.67. The van der Waals surface area contributed by atoms with Crippen LogP contribution in [0.4, 0.5) is 0 Å². The van der Waals surface area contributed by atoms with Gasteiger partial charge in [-0.2, -0.15) is 0 Å². The van der Waals surface area contributed by atoms with Crippen LogP contribution in [0.1, 0.15) is 71.1 Å². The Bertz CT molecular complexity index is 362. The van der Waals surface area contributed by atoms with Gasteiger partial charge in [-0.15, -0.1) is 0 Å². The molecule has 0 aromatic rings. The number of hydrogen-bond donors (Lipinski definition) is 0. The first-order chi connectivity index (χ1) is 14.4. The smallest absolute Gasteiger partial charge is 0.456 e. The molecular formula is C21H48O6Si3. The highest BCUT2D eigenvalue weighted by atomic mass is 28.4. The van der Waals surface area contributed by atoms with E-state index in [-0.39, 0.29) is 0 Å². The first-order valence-electron chi connectivity index (χ1n) is 11.8. The van der Waals surface area contributed by atoms with Crippen LogP contribution in [0.5, 0.6) is 0 Å². The maximum absolute atomic E-state index is 6.29. The van der Waals surface area contributed by atoms with Crippen molar-refractivity contribution in [2.24, 2.45) is 0 Å². The minimum absolute atomic E-state index is 0.632. The number of rotatable bonds is 23. The zero-order valence-corrected chi connectivity index (χ0v) is 23.6. The van der Waals surface area contributed by atoms with E-state index >= 15 is 0 Å². The molecule has 0 N–H and O–H groups in total. The fourth-order valence-electron chi connectivity index (χ4n) is 3.32. The van der Waals surface area contributed by atoms with Crippen molar-refractivity contribution in [2.45, 2.75) is 102 Å². The highest BCUT2D eigenvalue weighted by molar-refractivity contribution is 6.75. The largest absolute Gasteiger partial charge is 0.500 e. The van der Waals surface area contributed by atoms with E-state index in [1.54, 1.807) is 21.3 Å². The Kier molecular flexibility index (Phi) is 20.3. The number of hydrogen-bond acceptors (Lipinski definition) is 6. The average molecular weight is 481 g/mol. The molecule has 0 aliphatic rings. The maximum Gasteiger partial charge on any atom is 0.500 e. The van der Waals surface area contributed by atoms with Crippen molar-refractivity contribution < 1.29 is 27.2 Å². The van der Waals surface area contributed by atoms with E-state index in [0.717, 1.165) is 31.5 Å². The summed E-state index contributed by atoms with van der Waals surface area (Å²) < 4.78 is 22.8. The molecule has 0 rings (SSSR count). The SMILES string of the molecule is CCOOCCCCCCCCCCC[Si]O[Si](C)(C)CCC[Si](OC)(OC)OC. The molecule has 30 heavy (non-hydrogen) atoms. The summed E-state index contributed by atoms with van der Waals surface area (Å²) >= 11 is 0. The molecule has 0 aromatic heterocycles. The summed E-state index contributed by atoms with van der Waals surface area (Å²) in [5.74, 6) is 0. The fourth-order valence-corrected chi connectivity index (χ4v) is 9.20.